The smallest absolute Gasteiger partial charge is 0.240 e. The van der Waals surface area contributed by atoms with Gasteiger partial charge < -0.3 is 11.1 Å². The molecule has 3 saturated carbocycles. The van der Waals surface area contributed by atoms with Crippen molar-refractivity contribution >= 4 is 5.91 Å². The first-order chi connectivity index (χ1) is 8.58. The van der Waals surface area contributed by atoms with E-state index < -0.39 is 5.54 Å². The number of nitrogens with two attached hydrogens (primary N) is 1. The Morgan fingerprint density at radius 2 is 2.00 bits per heavy atom. The van der Waals surface area contributed by atoms with Gasteiger partial charge in [-0.15, -0.1) is 0 Å². The summed E-state index contributed by atoms with van der Waals surface area (Å²) in [6.07, 6.45) is 9.46. The second-order valence-corrected chi connectivity index (χ2v) is 6.96. The average molecular weight is 250 g/mol. The van der Waals surface area contributed by atoms with Crippen LogP contribution in [0.4, 0.5) is 0 Å². The zero-order valence-electron chi connectivity index (χ0n) is 11.5. The van der Waals surface area contributed by atoms with E-state index in [2.05, 4.69) is 12.2 Å². The molecule has 3 heteroatoms. The molecule has 0 aliphatic heterocycles. The van der Waals surface area contributed by atoms with Gasteiger partial charge in [0.15, 0.2) is 0 Å². The van der Waals surface area contributed by atoms with Crippen molar-refractivity contribution in [3.05, 3.63) is 0 Å². The first kappa shape index (κ1) is 12.5. The van der Waals surface area contributed by atoms with E-state index in [9.17, 15) is 4.79 Å². The summed E-state index contributed by atoms with van der Waals surface area (Å²) < 4.78 is 0. The molecule has 4 atom stereocenters. The number of rotatable bonds is 3. The lowest BCUT2D eigenvalue weighted by molar-refractivity contribution is -0.127. The Morgan fingerprint density at radius 3 is 2.56 bits per heavy atom. The van der Waals surface area contributed by atoms with Gasteiger partial charge in [0, 0.05) is 6.04 Å². The molecule has 3 nitrogen and oxygen atoms in total. The highest BCUT2D eigenvalue weighted by Crippen LogP contribution is 2.49. The maximum Gasteiger partial charge on any atom is 0.240 e. The lowest BCUT2D eigenvalue weighted by Gasteiger charge is -2.31. The second-order valence-electron chi connectivity index (χ2n) is 6.96. The molecule has 102 valence electrons. The van der Waals surface area contributed by atoms with Crippen molar-refractivity contribution in [3.63, 3.8) is 0 Å². The summed E-state index contributed by atoms with van der Waals surface area (Å²) >= 11 is 0. The number of hydrogen-bond acceptors (Lipinski definition) is 2. The van der Waals surface area contributed by atoms with Crippen LogP contribution in [0.1, 0.15) is 58.3 Å². The Balaban J connectivity index is 1.57. The normalized spacial score (nSPS) is 38.9. The maximum atomic E-state index is 12.3. The molecule has 0 heterocycles. The van der Waals surface area contributed by atoms with E-state index in [-0.39, 0.29) is 5.91 Å². The first-order valence-corrected chi connectivity index (χ1v) is 7.68. The zero-order valence-corrected chi connectivity index (χ0v) is 11.5. The molecule has 0 aromatic rings. The van der Waals surface area contributed by atoms with Gasteiger partial charge in [0.1, 0.15) is 0 Å². The number of amides is 1. The van der Waals surface area contributed by atoms with Gasteiger partial charge in [0.05, 0.1) is 5.54 Å². The predicted molar refractivity (Wildman–Crippen MR) is 71.9 cm³/mol. The van der Waals surface area contributed by atoms with Gasteiger partial charge in [0.25, 0.3) is 0 Å². The van der Waals surface area contributed by atoms with Crippen LogP contribution in [0, 0.1) is 17.8 Å². The monoisotopic (exact) mass is 250 g/mol. The third-order valence-electron chi connectivity index (χ3n) is 5.74. The van der Waals surface area contributed by atoms with Crippen LogP contribution in [-0.4, -0.2) is 17.5 Å². The topological polar surface area (TPSA) is 55.1 Å². The van der Waals surface area contributed by atoms with Gasteiger partial charge in [-0.2, -0.15) is 0 Å². The molecule has 0 radical (unpaired) electrons. The standard InChI is InChI=1S/C15H26N2O/c1-10(13-9-11-4-5-12(13)8-11)17-14(18)15(16)6-2-3-7-15/h10-13H,2-9,16H2,1H3,(H,17,18). The second kappa shape index (κ2) is 4.52. The Kier molecular flexibility index (Phi) is 3.13. The first-order valence-electron chi connectivity index (χ1n) is 7.68. The molecule has 18 heavy (non-hydrogen) atoms. The number of fused-ring (bicyclic) bond motifs is 2. The summed E-state index contributed by atoms with van der Waals surface area (Å²) in [4.78, 5) is 12.3. The van der Waals surface area contributed by atoms with E-state index in [1.54, 1.807) is 0 Å². The van der Waals surface area contributed by atoms with Gasteiger partial charge in [-0.1, -0.05) is 19.3 Å². The van der Waals surface area contributed by atoms with Crippen LogP contribution in [0.5, 0.6) is 0 Å². The predicted octanol–water partition coefficient (Wildman–Crippen LogP) is 2.20. The third kappa shape index (κ3) is 2.07. The molecule has 4 unspecified atom stereocenters. The van der Waals surface area contributed by atoms with Crippen LogP contribution >= 0.6 is 0 Å². The number of carbonyl (C=O) groups is 1. The van der Waals surface area contributed by atoms with Crippen LogP contribution in [-0.2, 0) is 4.79 Å². The van der Waals surface area contributed by atoms with Crippen molar-refractivity contribution in [1.29, 1.82) is 0 Å². The molecule has 0 aromatic carbocycles. The number of nitrogens with one attached hydrogen (secondary N) is 1. The Labute approximate surface area is 110 Å². The van der Waals surface area contributed by atoms with Crippen molar-refractivity contribution in [1.82, 2.24) is 5.32 Å². The number of hydrogen-bond donors (Lipinski definition) is 2. The van der Waals surface area contributed by atoms with Crippen molar-refractivity contribution in [2.75, 3.05) is 0 Å². The summed E-state index contributed by atoms with van der Waals surface area (Å²) in [5.41, 5.74) is 5.65. The molecule has 3 aliphatic carbocycles. The number of carbonyl (C=O) groups excluding carboxylic acids is 1. The van der Waals surface area contributed by atoms with Gasteiger partial charge in [-0.3, -0.25) is 4.79 Å². The van der Waals surface area contributed by atoms with E-state index in [1.807, 2.05) is 0 Å². The van der Waals surface area contributed by atoms with Crippen LogP contribution in [0.2, 0.25) is 0 Å². The Morgan fingerprint density at radius 1 is 1.28 bits per heavy atom. The summed E-state index contributed by atoms with van der Waals surface area (Å²) in [5, 5.41) is 3.23. The molecule has 1 amide bonds. The van der Waals surface area contributed by atoms with E-state index in [0.29, 0.717) is 12.0 Å². The van der Waals surface area contributed by atoms with Gasteiger partial charge in [-0.25, -0.2) is 0 Å². The molecule has 0 saturated heterocycles. The molecule has 3 fully saturated rings. The van der Waals surface area contributed by atoms with Crippen LogP contribution in [0.3, 0.4) is 0 Å². The van der Waals surface area contributed by atoms with E-state index in [4.69, 9.17) is 5.73 Å². The molecule has 2 bridgehead atoms. The Hall–Kier alpha value is -0.570. The maximum absolute atomic E-state index is 12.3. The average Bonchev–Trinajstić information content (AvgIpc) is 3.04. The van der Waals surface area contributed by atoms with E-state index in [1.165, 1.54) is 25.7 Å². The summed E-state index contributed by atoms with van der Waals surface area (Å²) in [6, 6.07) is 0.314. The molecule has 3 aliphatic rings. The zero-order chi connectivity index (χ0) is 12.8. The van der Waals surface area contributed by atoms with Crippen molar-refractivity contribution in [2.45, 2.75) is 69.9 Å². The minimum Gasteiger partial charge on any atom is -0.352 e. The lowest BCUT2D eigenvalue weighted by Crippen LogP contribution is -2.55. The highest BCUT2D eigenvalue weighted by atomic mass is 16.2. The summed E-state index contributed by atoms with van der Waals surface area (Å²) in [5.74, 6) is 2.62. The summed E-state index contributed by atoms with van der Waals surface area (Å²) in [7, 11) is 0. The van der Waals surface area contributed by atoms with Gasteiger partial charge in [-0.05, 0) is 56.8 Å². The largest absolute Gasteiger partial charge is 0.352 e. The Bertz CT molecular complexity index is 335. The minimum atomic E-state index is -0.564. The molecular formula is C15H26N2O. The van der Waals surface area contributed by atoms with Crippen LogP contribution in [0.15, 0.2) is 0 Å². The molecule has 3 N–H and O–H groups in total. The van der Waals surface area contributed by atoms with Gasteiger partial charge >= 0.3 is 0 Å². The molecular weight excluding hydrogens is 224 g/mol. The van der Waals surface area contributed by atoms with Crippen molar-refractivity contribution in [2.24, 2.45) is 23.5 Å². The lowest BCUT2D eigenvalue weighted by atomic mass is 9.83. The van der Waals surface area contributed by atoms with E-state index >= 15 is 0 Å². The highest BCUT2D eigenvalue weighted by molar-refractivity contribution is 5.86. The molecule has 0 spiro atoms. The quantitative estimate of drug-likeness (QED) is 0.807. The summed E-state index contributed by atoms with van der Waals surface area (Å²) in [6.45, 7) is 2.18. The fourth-order valence-corrected chi connectivity index (χ4v) is 4.60. The highest BCUT2D eigenvalue weighted by Gasteiger charge is 2.44. The van der Waals surface area contributed by atoms with E-state index in [0.717, 1.165) is 37.5 Å². The van der Waals surface area contributed by atoms with Gasteiger partial charge in [0.2, 0.25) is 5.91 Å². The SMILES string of the molecule is CC(NC(=O)C1(N)CCCC1)C1CC2CCC1C2. The fourth-order valence-electron chi connectivity index (χ4n) is 4.60. The van der Waals surface area contributed by atoms with Crippen molar-refractivity contribution < 1.29 is 4.79 Å². The van der Waals surface area contributed by atoms with Crippen LogP contribution in [0.25, 0.3) is 0 Å². The van der Waals surface area contributed by atoms with Crippen molar-refractivity contribution in [3.8, 4) is 0 Å². The third-order valence-corrected chi connectivity index (χ3v) is 5.74. The van der Waals surface area contributed by atoms with Crippen LogP contribution < -0.4 is 11.1 Å². The molecule has 0 aromatic heterocycles. The molecule has 3 rings (SSSR count). The fraction of sp³-hybridized carbons (Fsp3) is 0.933. The minimum absolute atomic E-state index is 0.107.